The Kier molecular flexibility index (Phi) is 5.88. The zero-order chi connectivity index (χ0) is 29.2. The molecule has 0 spiro atoms. The van der Waals surface area contributed by atoms with E-state index in [4.69, 9.17) is 4.98 Å². The number of nitrogens with one attached hydrogen (secondary N) is 1. The molecular formula is C38H36N4. The van der Waals surface area contributed by atoms with Gasteiger partial charge in [-0.3, -0.25) is 9.55 Å². The Morgan fingerprint density at radius 3 is 2.10 bits per heavy atom. The standard InChI is InChI=1S/C38H36N4/c1-37(2,3)27-13-16-33-26(21-27)22-35(40-33)42-34-18-14-28(38(4,5)6)23-30(34)29-15-17-32(41-36(29)42)25-11-9-10-24(20-25)31-12-7-8-19-39-31/h7-23,40H,1-6H3. The molecule has 0 fully saturated rings. The molecule has 0 saturated heterocycles. The number of aromatic nitrogens is 4. The summed E-state index contributed by atoms with van der Waals surface area (Å²) in [5.41, 5.74) is 10.0. The van der Waals surface area contributed by atoms with Gasteiger partial charge in [0.1, 0.15) is 11.5 Å². The van der Waals surface area contributed by atoms with Crippen LogP contribution in [0.4, 0.5) is 0 Å². The van der Waals surface area contributed by atoms with E-state index in [1.165, 1.54) is 21.9 Å². The van der Waals surface area contributed by atoms with Gasteiger partial charge in [-0.1, -0.05) is 77.9 Å². The predicted molar refractivity (Wildman–Crippen MR) is 176 cm³/mol. The van der Waals surface area contributed by atoms with Gasteiger partial charge in [0.05, 0.1) is 16.9 Å². The first-order valence-electron chi connectivity index (χ1n) is 14.7. The van der Waals surface area contributed by atoms with Crippen LogP contribution in [0.25, 0.3) is 61.2 Å². The van der Waals surface area contributed by atoms with Crippen LogP contribution in [0.15, 0.2) is 103 Å². The molecule has 7 rings (SSSR count). The van der Waals surface area contributed by atoms with Gasteiger partial charge in [-0.2, -0.15) is 0 Å². The van der Waals surface area contributed by atoms with Crippen molar-refractivity contribution in [2.45, 2.75) is 52.4 Å². The first kappa shape index (κ1) is 26.2. The third-order valence-electron chi connectivity index (χ3n) is 8.31. The number of aromatic amines is 1. The highest BCUT2D eigenvalue weighted by molar-refractivity contribution is 6.09. The van der Waals surface area contributed by atoms with Crippen LogP contribution in [0.2, 0.25) is 0 Å². The fourth-order valence-electron chi connectivity index (χ4n) is 5.84. The summed E-state index contributed by atoms with van der Waals surface area (Å²) in [5, 5.41) is 3.57. The quantitative estimate of drug-likeness (QED) is 0.239. The molecule has 4 heteroatoms. The Hall–Kier alpha value is -4.70. The molecule has 208 valence electrons. The first-order valence-corrected chi connectivity index (χ1v) is 14.7. The predicted octanol–water partition coefficient (Wildman–Crippen LogP) is 9.98. The zero-order valence-electron chi connectivity index (χ0n) is 25.2. The Balaban J connectivity index is 1.46. The molecule has 0 atom stereocenters. The average molecular weight is 549 g/mol. The van der Waals surface area contributed by atoms with Crippen molar-refractivity contribution in [1.82, 2.24) is 19.5 Å². The first-order chi connectivity index (χ1) is 20.1. The van der Waals surface area contributed by atoms with Crippen LogP contribution in [0, 0.1) is 0 Å². The maximum absolute atomic E-state index is 5.34. The monoisotopic (exact) mass is 548 g/mol. The maximum Gasteiger partial charge on any atom is 0.147 e. The molecule has 4 nitrogen and oxygen atoms in total. The highest BCUT2D eigenvalue weighted by Crippen LogP contribution is 2.37. The number of pyridine rings is 2. The Morgan fingerprint density at radius 2 is 1.36 bits per heavy atom. The second-order valence-corrected chi connectivity index (χ2v) is 13.4. The SMILES string of the molecule is CC(C)(C)c1ccc2[nH]c(-n3c4ccc(C(C)(C)C)cc4c4ccc(-c5cccc(-c6ccccn6)c5)nc43)cc2c1. The molecule has 0 aliphatic rings. The minimum atomic E-state index is 0.0480. The lowest BCUT2D eigenvalue weighted by atomic mass is 9.86. The van der Waals surface area contributed by atoms with Crippen molar-refractivity contribution in [3.8, 4) is 28.3 Å². The van der Waals surface area contributed by atoms with Crippen LogP contribution < -0.4 is 0 Å². The topological polar surface area (TPSA) is 46.5 Å². The summed E-state index contributed by atoms with van der Waals surface area (Å²) in [4.78, 5) is 13.6. The van der Waals surface area contributed by atoms with Crippen LogP contribution >= 0.6 is 0 Å². The van der Waals surface area contributed by atoms with Crippen molar-refractivity contribution in [1.29, 1.82) is 0 Å². The second kappa shape index (κ2) is 9.42. The molecule has 0 aliphatic carbocycles. The van der Waals surface area contributed by atoms with E-state index < -0.39 is 0 Å². The molecule has 7 aromatic rings. The number of nitrogens with zero attached hydrogens (tertiary/aromatic N) is 3. The van der Waals surface area contributed by atoms with Gasteiger partial charge in [-0.25, -0.2) is 4.98 Å². The molecular weight excluding hydrogens is 512 g/mol. The highest BCUT2D eigenvalue weighted by Gasteiger charge is 2.21. The molecule has 0 saturated carbocycles. The van der Waals surface area contributed by atoms with E-state index in [-0.39, 0.29) is 10.8 Å². The molecule has 0 radical (unpaired) electrons. The molecule has 0 amide bonds. The van der Waals surface area contributed by atoms with Gasteiger partial charge in [-0.15, -0.1) is 0 Å². The summed E-state index contributed by atoms with van der Waals surface area (Å²) < 4.78 is 2.29. The number of hydrogen-bond acceptors (Lipinski definition) is 2. The van der Waals surface area contributed by atoms with Crippen LogP contribution in [-0.2, 0) is 10.8 Å². The van der Waals surface area contributed by atoms with E-state index >= 15 is 0 Å². The number of rotatable bonds is 3. The van der Waals surface area contributed by atoms with Crippen molar-refractivity contribution in [2.24, 2.45) is 0 Å². The number of benzene rings is 3. The summed E-state index contributed by atoms with van der Waals surface area (Å²) >= 11 is 0. The Labute approximate surface area is 247 Å². The molecule has 0 aliphatic heterocycles. The lowest BCUT2D eigenvalue weighted by molar-refractivity contribution is 0.591. The Morgan fingerprint density at radius 1 is 0.619 bits per heavy atom. The minimum Gasteiger partial charge on any atom is -0.341 e. The summed E-state index contributed by atoms with van der Waals surface area (Å²) in [5.74, 6) is 1.02. The van der Waals surface area contributed by atoms with E-state index in [0.717, 1.165) is 50.4 Å². The van der Waals surface area contributed by atoms with Gasteiger partial charge in [0, 0.05) is 39.0 Å². The normalized spacial score (nSPS) is 12.5. The maximum atomic E-state index is 5.34. The van der Waals surface area contributed by atoms with Crippen molar-refractivity contribution in [2.75, 3.05) is 0 Å². The van der Waals surface area contributed by atoms with Crippen molar-refractivity contribution >= 4 is 32.8 Å². The Bertz CT molecular complexity index is 2100. The van der Waals surface area contributed by atoms with E-state index in [1.54, 1.807) is 0 Å². The number of hydrogen-bond donors (Lipinski definition) is 1. The van der Waals surface area contributed by atoms with Crippen LogP contribution in [0.3, 0.4) is 0 Å². The van der Waals surface area contributed by atoms with E-state index in [1.807, 2.05) is 24.4 Å². The van der Waals surface area contributed by atoms with Crippen molar-refractivity contribution < 1.29 is 0 Å². The molecule has 3 aromatic carbocycles. The minimum absolute atomic E-state index is 0.0480. The van der Waals surface area contributed by atoms with E-state index in [2.05, 4.69) is 135 Å². The van der Waals surface area contributed by atoms with Crippen LogP contribution in [0.1, 0.15) is 52.7 Å². The van der Waals surface area contributed by atoms with Crippen molar-refractivity contribution in [3.05, 3.63) is 114 Å². The van der Waals surface area contributed by atoms with Gasteiger partial charge in [0.2, 0.25) is 0 Å². The average Bonchev–Trinajstić information content (AvgIpc) is 3.54. The van der Waals surface area contributed by atoms with Gasteiger partial charge >= 0.3 is 0 Å². The molecule has 0 bridgehead atoms. The zero-order valence-corrected chi connectivity index (χ0v) is 25.2. The number of fused-ring (bicyclic) bond motifs is 4. The molecule has 4 heterocycles. The lowest BCUT2D eigenvalue weighted by Crippen LogP contribution is -2.10. The van der Waals surface area contributed by atoms with Gasteiger partial charge in [0.25, 0.3) is 0 Å². The fraction of sp³-hybridized carbons (Fsp3) is 0.211. The highest BCUT2D eigenvalue weighted by atomic mass is 15.1. The lowest BCUT2D eigenvalue weighted by Gasteiger charge is -2.19. The third kappa shape index (κ3) is 4.48. The van der Waals surface area contributed by atoms with E-state index in [9.17, 15) is 0 Å². The van der Waals surface area contributed by atoms with Crippen molar-refractivity contribution in [3.63, 3.8) is 0 Å². The molecule has 42 heavy (non-hydrogen) atoms. The van der Waals surface area contributed by atoms with E-state index in [0.29, 0.717) is 0 Å². The largest absolute Gasteiger partial charge is 0.341 e. The molecule has 4 aromatic heterocycles. The second-order valence-electron chi connectivity index (χ2n) is 13.4. The van der Waals surface area contributed by atoms with Crippen LogP contribution in [0.5, 0.6) is 0 Å². The molecule has 1 N–H and O–H groups in total. The summed E-state index contributed by atoms with van der Waals surface area (Å²) in [6.07, 6.45) is 1.83. The number of H-pyrrole nitrogens is 1. The fourth-order valence-corrected chi connectivity index (χ4v) is 5.84. The van der Waals surface area contributed by atoms with Crippen LogP contribution in [-0.4, -0.2) is 19.5 Å². The van der Waals surface area contributed by atoms with Gasteiger partial charge in [-0.05, 0) is 82.6 Å². The summed E-state index contributed by atoms with van der Waals surface area (Å²) in [7, 11) is 0. The van der Waals surface area contributed by atoms with Gasteiger partial charge < -0.3 is 4.98 Å². The molecule has 0 unspecified atom stereocenters. The smallest absolute Gasteiger partial charge is 0.147 e. The summed E-state index contributed by atoms with van der Waals surface area (Å²) in [6.45, 7) is 13.6. The summed E-state index contributed by atoms with van der Waals surface area (Å²) in [6, 6.07) is 34.7. The third-order valence-corrected chi connectivity index (χ3v) is 8.31. The van der Waals surface area contributed by atoms with Gasteiger partial charge in [0.15, 0.2) is 0 Å².